The molecule has 1 aromatic carbocycles. The van der Waals surface area contributed by atoms with E-state index in [-0.39, 0.29) is 5.13 Å². The summed E-state index contributed by atoms with van der Waals surface area (Å²) in [6.45, 7) is 0. The van der Waals surface area contributed by atoms with Gasteiger partial charge in [0.05, 0.1) is 7.11 Å². The predicted molar refractivity (Wildman–Crippen MR) is 81.6 cm³/mol. The standard InChI is InChI=1S/C12H10ClN3O3S2/c1-19-10(18)9(17)14-11-15-16-12(21-11)20-6-7-2-4-8(13)5-3-7/h2-5H,6H2,1H3,(H,14,15,17). The van der Waals surface area contributed by atoms with Gasteiger partial charge in [0.1, 0.15) is 0 Å². The number of hydrogen-bond acceptors (Lipinski definition) is 7. The van der Waals surface area contributed by atoms with Gasteiger partial charge in [0, 0.05) is 10.8 Å². The second-order valence-electron chi connectivity index (χ2n) is 3.73. The van der Waals surface area contributed by atoms with E-state index in [2.05, 4.69) is 20.3 Å². The number of benzene rings is 1. The Kier molecular flexibility index (Phi) is 5.54. The van der Waals surface area contributed by atoms with Crippen molar-refractivity contribution in [3.8, 4) is 0 Å². The van der Waals surface area contributed by atoms with Crippen LogP contribution >= 0.6 is 34.7 Å². The molecule has 0 saturated heterocycles. The number of carbonyl (C=O) groups is 2. The zero-order valence-electron chi connectivity index (χ0n) is 10.8. The number of carbonyl (C=O) groups excluding carboxylic acids is 2. The molecule has 2 rings (SSSR count). The van der Waals surface area contributed by atoms with Gasteiger partial charge in [-0.25, -0.2) is 4.79 Å². The van der Waals surface area contributed by atoms with E-state index in [1.54, 1.807) is 0 Å². The Bertz CT molecular complexity index is 645. The Morgan fingerprint density at radius 1 is 1.33 bits per heavy atom. The number of ether oxygens (including phenoxy) is 1. The monoisotopic (exact) mass is 343 g/mol. The minimum absolute atomic E-state index is 0.254. The number of rotatable bonds is 4. The third-order valence-electron chi connectivity index (χ3n) is 2.27. The summed E-state index contributed by atoms with van der Waals surface area (Å²) in [5, 5.41) is 11.0. The van der Waals surface area contributed by atoms with Gasteiger partial charge in [-0.05, 0) is 17.7 Å². The zero-order valence-corrected chi connectivity index (χ0v) is 13.2. The maximum atomic E-state index is 11.3. The van der Waals surface area contributed by atoms with E-state index in [0.29, 0.717) is 15.1 Å². The lowest BCUT2D eigenvalue weighted by molar-refractivity contribution is -0.150. The van der Waals surface area contributed by atoms with Gasteiger partial charge in [0.15, 0.2) is 4.34 Å². The van der Waals surface area contributed by atoms with Crippen molar-refractivity contribution >= 4 is 51.7 Å². The van der Waals surface area contributed by atoms with Crippen molar-refractivity contribution in [3.05, 3.63) is 34.9 Å². The van der Waals surface area contributed by atoms with Crippen LogP contribution in [-0.2, 0) is 20.1 Å². The molecule has 0 spiro atoms. The largest absolute Gasteiger partial charge is 0.462 e. The van der Waals surface area contributed by atoms with Crippen LogP contribution < -0.4 is 5.32 Å². The average molecular weight is 344 g/mol. The van der Waals surface area contributed by atoms with E-state index in [9.17, 15) is 9.59 Å². The van der Waals surface area contributed by atoms with Crippen LogP contribution in [0.2, 0.25) is 5.02 Å². The van der Waals surface area contributed by atoms with Gasteiger partial charge >= 0.3 is 11.9 Å². The van der Waals surface area contributed by atoms with Crippen molar-refractivity contribution in [3.63, 3.8) is 0 Å². The first-order valence-corrected chi connectivity index (χ1v) is 7.86. The van der Waals surface area contributed by atoms with Crippen molar-refractivity contribution in [2.24, 2.45) is 0 Å². The fraction of sp³-hybridized carbons (Fsp3) is 0.167. The number of aromatic nitrogens is 2. The van der Waals surface area contributed by atoms with Gasteiger partial charge < -0.3 is 4.74 Å². The van der Waals surface area contributed by atoms with Crippen molar-refractivity contribution < 1.29 is 14.3 Å². The van der Waals surface area contributed by atoms with E-state index < -0.39 is 11.9 Å². The first kappa shape index (κ1) is 15.7. The molecule has 1 heterocycles. The predicted octanol–water partition coefficient (Wildman–Crippen LogP) is 2.60. The summed E-state index contributed by atoms with van der Waals surface area (Å²) < 4.78 is 4.98. The Morgan fingerprint density at radius 2 is 2.05 bits per heavy atom. The number of nitrogens with one attached hydrogen (secondary N) is 1. The van der Waals surface area contributed by atoms with Crippen LogP contribution in [0.25, 0.3) is 0 Å². The first-order valence-electron chi connectivity index (χ1n) is 5.68. The molecule has 0 saturated carbocycles. The second kappa shape index (κ2) is 7.39. The third kappa shape index (κ3) is 4.69. The van der Waals surface area contributed by atoms with Gasteiger partial charge in [0.2, 0.25) is 5.13 Å². The van der Waals surface area contributed by atoms with Crippen LogP contribution in [0.15, 0.2) is 28.6 Å². The van der Waals surface area contributed by atoms with Gasteiger partial charge in [-0.15, -0.1) is 10.2 Å². The number of methoxy groups -OCH3 is 1. The van der Waals surface area contributed by atoms with Gasteiger partial charge in [-0.3, -0.25) is 10.1 Å². The van der Waals surface area contributed by atoms with Crippen LogP contribution in [0.5, 0.6) is 0 Å². The number of hydrogen-bond donors (Lipinski definition) is 1. The first-order chi connectivity index (χ1) is 10.1. The maximum Gasteiger partial charge on any atom is 0.396 e. The minimum atomic E-state index is -0.972. The smallest absolute Gasteiger partial charge is 0.396 e. The third-order valence-corrected chi connectivity index (χ3v) is 4.57. The molecule has 0 fully saturated rings. The molecule has 0 bridgehead atoms. The Balaban J connectivity index is 1.89. The van der Waals surface area contributed by atoms with Crippen LogP contribution in [0.3, 0.4) is 0 Å². The number of nitrogens with zero attached hydrogens (tertiary/aromatic N) is 2. The van der Waals surface area contributed by atoms with Crippen LogP contribution in [0.4, 0.5) is 5.13 Å². The molecule has 6 nitrogen and oxygen atoms in total. The van der Waals surface area contributed by atoms with Crippen LogP contribution in [-0.4, -0.2) is 29.2 Å². The molecule has 9 heteroatoms. The Hall–Kier alpha value is -1.64. The van der Waals surface area contributed by atoms with Crippen molar-refractivity contribution in [2.45, 2.75) is 10.1 Å². The summed E-state index contributed by atoms with van der Waals surface area (Å²) >= 11 is 8.48. The lowest BCUT2D eigenvalue weighted by Gasteiger charge is -1.98. The molecule has 0 radical (unpaired) electrons. The topological polar surface area (TPSA) is 81.2 Å². The van der Waals surface area contributed by atoms with E-state index in [4.69, 9.17) is 11.6 Å². The molecular formula is C12H10ClN3O3S2. The summed E-state index contributed by atoms with van der Waals surface area (Å²) in [6, 6.07) is 7.49. The molecule has 0 aliphatic carbocycles. The highest BCUT2D eigenvalue weighted by molar-refractivity contribution is 8.00. The number of anilines is 1. The Labute approximate surface area is 133 Å². The highest BCUT2D eigenvalue weighted by Gasteiger charge is 2.16. The molecule has 1 amide bonds. The van der Waals surface area contributed by atoms with Crippen molar-refractivity contribution in [2.75, 3.05) is 12.4 Å². The average Bonchev–Trinajstić information content (AvgIpc) is 2.93. The lowest BCUT2D eigenvalue weighted by atomic mass is 10.2. The fourth-order valence-corrected chi connectivity index (χ4v) is 3.11. The summed E-state index contributed by atoms with van der Waals surface area (Å²) in [4.78, 5) is 22.3. The quantitative estimate of drug-likeness (QED) is 0.398. The molecule has 2 aromatic rings. The normalized spacial score (nSPS) is 10.2. The fourth-order valence-electron chi connectivity index (χ4n) is 1.29. The summed E-state index contributed by atoms with van der Waals surface area (Å²) in [7, 11) is 1.13. The van der Waals surface area contributed by atoms with Gasteiger partial charge in [0.25, 0.3) is 0 Å². The number of halogens is 1. The molecule has 0 aliphatic heterocycles. The Morgan fingerprint density at radius 3 is 2.71 bits per heavy atom. The number of thioether (sulfide) groups is 1. The molecule has 110 valence electrons. The molecular weight excluding hydrogens is 334 g/mol. The number of amides is 1. The molecule has 21 heavy (non-hydrogen) atoms. The minimum Gasteiger partial charge on any atom is -0.462 e. The summed E-state index contributed by atoms with van der Waals surface area (Å²) in [5.74, 6) is -1.14. The van der Waals surface area contributed by atoms with Crippen molar-refractivity contribution in [1.82, 2.24) is 10.2 Å². The van der Waals surface area contributed by atoms with E-state index in [1.165, 1.54) is 23.1 Å². The highest BCUT2D eigenvalue weighted by atomic mass is 35.5. The summed E-state index contributed by atoms with van der Waals surface area (Å²) in [5.41, 5.74) is 1.10. The van der Waals surface area contributed by atoms with Crippen LogP contribution in [0, 0.1) is 0 Å². The van der Waals surface area contributed by atoms with E-state index in [1.807, 2.05) is 24.3 Å². The number of esters is 1. The SMILES string of the molecule is COC(=O)C(=O)Nc1nnc(SCc2ccc(Cl)cc2)s1. The molecule has 0 unspecified atom stereocenters. The molecule has 1 aromatic heterocycles. The second-order valence-corrected chi connectivity index (χ2v) is 6.37. The molecule has 1 N–H and O–H groups in total. The molecule has 0 aliphatic rings. The van der Waals surface area contributed by atoms with E-state index >= 15 is 0 Å². The van der Waals surface area contributed by atoms with Crippen LogP contribution in [0.1, 0.15) is 5.56 Å². The van der Waals surface area contributed by atoms with E-state index in [0.717, 1.165) is 12.7 Å². The van der Waals surface area contributed by atoms with Crippen molar-refractivity contribution in [1.29, 1.82) is 0 Å². The molecule has 0 atom stereocenters. The lowest BCUT2D eigenvalue weighted by Crippen LogP contribution is -2.23. The zero-order chi connectivity index (χ0) is 15.2. The highest BCUT2D eigenvalue weighted by Crippen LogP contribution is 2.28. The summed E-state index contributed by atoms with van der Waals surface area (Å²) in [6.07, 6.45) is 0. The van der Waals surface area contributed by atoms with Gasteiger partial charge in [-0.1, -0.05) is 46.8 Å². The maximum absolute atomic E-state index is 11.3. The van der Waals surface area contributed by atoms with Gasteiger partial charge in [-0.2, -0.15) is 0 Å².